The summed E-state index contributed by atoms with van der Waals surface area (Å²) in [7, 11) is 3.35. The SMILES string of the molecule is CN(C)C(=O)c1cc(C=O)ccc1OC1CC1. The van der Waals surface area contributed by atoms with Gasteiger partial charge in [0.05, 0.1) is 11.7 Å². The molecule has 0 aliphatic heterocycles. The fourth-order valence-electron chi connectivity index (χ4n) is 1.50. The number of carbonyl (C=O) groups is 2. The highest BCUT2D eigenvalue weighted by atomic mass is 16.5. The molecule has 1 amide bonds. The maximum atomic E-state index is 12.0. The van der Waals surface area contributed by atoms with Crippen LogP contribution in [0.25, 0.3) is 0 Å². The Kier molecular flexibility index (Phi) is 3.13. The van der Waals surface area contributed by atoms with E-state index in [4.69, 9.17) is 4.74 Å². The van der Waals surface area contributed by atoms with Gasteiger partial charge in [0.1, 0.15) is 12.0 Å². The Morgan fingerprint density at radius 3 is 2.65 bits per heavy atom. The monoisotopic (exact) mass is 233 g/mol. The van der Waals surface area contributed by atoms with Gasteiger partial charge in [0.15, 0.2) is 0 Å². The molecule has 4 nitrogen and oxygen atoms in total. The number of carbonyl (C=O) groups excluding carboxylic acids is 2. The standard InChI is InChI=1S/C13H15NO3/c1-14(2)13(16)11-7-9(8-15)3-6-12(11)17-10-4-5-10/h3,6-8,10H,4-5H2,1-2H3. The molecule has 0 atom stereocenters. The molecule has 1 aromatic carbocycles. The largest absolute Gasteiger partial charge is 0.490 e. The van der Waals surface area contributed by atoms with E-state index in [1.165, 1.54) is 4.90 Å². The van der Waals surface area contributed by atoms with Gasteiger partial charge in [-0.3, -0.25) is 9.59 Å². The van der Waals surface area contributed by atoms with Gasteiger partial charge in [-0.25, -0.2) is 0 Å². The minimum Gasteiger partial charge on any atom is -0.490 e. The van der Waals surface area contributed by atoms with Crippen LogP contribution in [0.3, 0.4) is 0 Å². The molecule has 17 heavy (non-hydrogen) atoms. The fraction of sp³-hybridized carbons (Fsp3) is 0.385. The van der Waals surface area contributed by atoms with Crippen molar-refractivity contribution in [3.63, 3.8) is 0 Å². The second-order valence-corrected chi connectivity index (χ2v) is 4.39. The lowest BCUT2D eigenvalue weighted by atomic mass is 10.1. The molecule has 4 heteroatoms. The summed E-state index contributed by atoms with van der Waals surface area (Å²) in [4.78, 5) is 24.2. The van der Waals surface area contributed by atoms with E-state index in [0.29, 0.717) is 16.9 Å². The average Bonchev–Trinajstić information content (AvgIpc) is 3.12. The Hall–Kier alpha value is -1.84. The van der Waals surface area contributed by atoms with Crippen LogP contribution in [0.5, 0.6) is 5.75 Å². The molecule has 1 fully saturated rings. The van der Waals surface area contributed by atoms with Gasteiger partial charge in [-0.15, -0.1) is 0 Å². The number of nitrogens with zero attached hydrogens (tertiary/aromatic N) is 1. The third-order valence-corrected chi connectivity index (χ3v) is 2.59. The molecule has 0 spiro atoms. The van der Waals surface area contributed by atoms with E-state index in [2.05, 4.69) is 0 Å². The minimum atomic E-state index is -0.149. The fourth-order valence-corrected chi connectivity index (χ4v) is 1.50. The quantitative estimate of drug-likeness (QED) is 0.744. The zero-order chi connectivity index (χ0) is 12.4. The van der Waals surface area contributed by atoms with Crippen molar-refractivity contribution >= 4 is 12.2 Å². The first-order valence-electron chi connectivity index (χ1n) is 5.59. The summed E-state index contributed by atoms with van der Waals surface area (Å²) in [6, 6.07) is 4.93. The van der Waals surface area contributed by atoms with Gasteiger partial charge < -0.3 is 9.64 Å². The molecule has 1 aliphatic rings. The van der Waals surface area contributed by atoms with E-state index in [9.17, 15) is 9.59 Å². The Labute approximate surface area is 100 Å². The Balaban J connectivity index is 2.35. The number of hydrogen-bond donors (Lipinski definition) is 0. The van der Waals surface area contributed by atoms with E-state index in [1.54, 1.807) is 32.3 Å². The molecule has 0 unspecified atom stereocenters. The normalized spacial score (nSPS) is 14.2. The van der Waals surface area contributed by atoms with Gasteiger partial charge in [0, 0.05) is 19.7 Å². The van der Waals surface area contributed by atoms with Crippen molar-refractivity contribution < 1.29 is 14.3 Å². The Morgan fingerprint density at radius 2 is 2.12 bits per heavy atom. The molecule has 0 N–H and O–H groups in total. The third-order valence-electron chi connectivity index (χ3n) is 2.59. The van der Waals surface area contributed by atoms with Gasteiger partial charge in [0.25, 0.3) is 5.91 Å². The number of amides is 1. The van der Waals surface area contributed by atoms with Crippen LogP contribution in [0.15, 0.2) is 18.2 Å². The number of hydrogen-bond acceptors (Lipinski definition) is 3. The Bertz CT molecular complexity index is 450. The smallest absolute Gasteiger partial charge is 0.257 e. The Morgan fingerprint density at radius 1 is 1.41 bits per heavy atom. The van der Waals surface area contributed by atoms with Crippen LogP contribution in [0.1, 0.15) is 33.6 Å². The summed E-state index contributed by atoms with van der Waals surface area (Å²) in [5.74, 6) is 0.418. The van der Waals surface area contributed by atoms with Crippen LogP contribution in [-0.2, 0) is 0 Å². The number of rotatable bonds is 4. The van der Waals surface area contributed by atoms with Crippen LogP contribution >= 0.6 is 0 Å². The highest BCUT2D eigenvalue weighted by Gasteiger charge is 2.26. The second kappa shape index (κ2) is 4.57. The summed E-state index contributed by atoms with van der Waals surface area (Å²) in [6.07, 6.45) is 3.02. The lowest BCUT2D eigenvalue weighted by Crippen LogP contribution is -2.22. The molecule has 1 aromatic rings. The molecule has 0 heterocycles. The van der Waals surface area contributed by atoms with Crippen molar-refractivity contribution in [2.75, 3.05) is 14.1 Å². The van der Waals surface area contributed by atoms with Crippen molar-refractivity contribution in [3.8, 4) is 5.75 Å². The molecule has 0 saturated heterocycles. The molecule has 0 radical (unpaired) electrons. The van der Waals surface area contributed by atoms with Crippen LogP contribution in [0.2, 0.25) is 0 Å². The molecule has 0 aromatic heterocycles. The topological polar surface area (TPSA) is 46.6 Å². The van der Waals surface area contributed by atoms with Crippen LogP contribution in [0, 0.1) is 0 Å². The molecule has 2 rings (SSSR count). The van der Waals surface area contributed by atoms with Gasteiger partial charge in [-0.2, -0.15) is 0 Å². The van der Waals surface area contributed by atoms with E-state index < -0.39 is 0 Å². The average molecular weight is 233 g/mol. The lowest BCUT2D eigenvalue weighted by molar-refractivity contribution is 0.0823. The van der Waals surface area contributed by atoms with Crippen molar-refractivity contribution in [1.29, 1.82) is 0 Å². The maximum Gasteiger partial charge on any atom is 0.257 e. The molecule has 1 saturated carbocycles. The first-order chi connectivity index (χ1) is 8.11. The first-order valence-corrected chi connectivity index (χ1v) is 5.59. The van der Waals surface area contributed by atoms with Crippen LogP contribution < -0.4 is 4.74 Å². The first kappa shape index (κ1) is 11.6. The molecule has 90 valence electrons. The third kappa shape index (κ3) is 2.64. The number of aldehydes is 1. The van der Waals surface area contributed by atoms with Gasteiger partial charge in [-0.05, 0) is 31.0 Å². The summed E-state index contributed by atoms with van der Waals surface area (Å²) < 4.78 is 5.66. The predicted molar refractivity (Wildman–Crippen MR) is 63.5 cm³/mol. The summed E-state index contributed by atoms with van der Waals surface area (Å²) in [5, 5.41) is 0. The number of benzene rings is 1. The van der Waals surface area contributed by atoms with Crippen molar-refractivity contribution in [2.45, 2.75) is 18.9 Å². The van der Waals surface area contributed by atoms with Gasteiger partial charge in [0.2, 0.25) is 0 Å². The van der Waals surface area contributed by atoms with Gasteiger partial charge >= 0.3 is 0 Å². The maximum absolute atomic E-state index is 12.0. The molecule has 0 bridgehead atoms. The van der Waals surface area contributed by atoms with Crippen molar-refractivity contribution in [3.05, 3.63) is 29.3 Å². The molecule has 1 aliphatic carbocycles. The van der Waals surface area contributed by atoms with Crippen molar-refractivity contribution in [1.82, 2.24) is 4.90 Å². The van der Waals surface area contributed by atoms with Crippen molar-refractivity contribution in [2.24, 2.45) is 0 Å². The van der Waals surface area contributed by atoms with Crippen LogP contribution in [0.4, 0.5) is 0 Å². The van der Waals surface area contributed by atoms with E-state index in [0.717, 1.165) is 19.1 Å². The van der Waals surface area contributed by atoms with E-state index in [-0.39, 0.29) is 12.0 Å². The summed E-state index contributed by atoms with van der Waals surface area (Å²) in [5.41, 5.74) is 0.935. The summed E-state index contributed by atoms with van der Waals surface area (Å²) in [6.45, 7) is 0. The van der Waals surface area contributed by atoms with E-state index in [1.807, 2.05) is 0 Å². The zero-order valence-corrected chi connectivity index (χ0v) is 9.97. The predicted octanol–water partition coefficient (Wildman–Crippen LogP) is 1.74. The van der Waals surface area contributed by atoms with Crippen LogP contribution in [-0.4, -0.2) is 37.3 Å². The highest BCUT2D eigenvalue weighted by molar-refractivity contribution is 5.98. The zero-order valence-electron chi connectivity index (χ0n) is 9.97. The highest BCUT2D eigenvalue weighted by Crippen LogP contribution is 2.30. The lowest BCUT2D eigenvalue weighted by Gasteiger charge is -2.15. The van der Waals surface area contributed by atoms with E-state index >= 15 is 0 Å². The summed E-state index contributed by atoms with van der Waals surface area (Å²) >= 11 is 0. The molecular weight excluding hydrogens is 218 g/mol. The number of ether oxygens (including phenoxy) is 1. The second-order valence-electron chi connectivity index (χ2n) is 4.39. The molecular formula is C13H15NO3. The minimum absolute atomic E-state index is 0.149. The van der Waals surface area contributed by atoms with Gasteiger partial charge in [-0.1, -0.05) is 0 Å².